The molecule has 0 radical (unpaired) electrons. The first kappa shape index (κ1) is 13.8. The number of methoxy groups -OCH3 is 1. The van der Waals surface area contributed by atoms with Gasteiger partial charge in [-0.3, -0.25) is 0 Å². The lowest BCUT2D eigenvalue weighted by Crippen LogP contribution is -2.27. The van der Waals surface area contributed by atoms with E-state index in [9.17, 15) is 4.79 Å². The molecule has 4 nitrogen and oxygen atoms in total. The van der Waals surface area contributed by atoms with Crippen molar-refractivity contribution in [3.8, 4) is 5.75 Å². The number of benzene rings is 1. The van der Waals surface area contributed by atoms with E-state index in [1.54, 1.807) is 14.0 Å². The van der Waals surface area contributed by atoms with Crippen molar-refractivity contribution in [2.75, 3.05) is 13.7 Å². The fourth-order valence-electron chi connectivity index (χ4n) is 1.38. The van der Waals surface area contributed by atoms with Crippen LogP contribution in [0.1, 0.15) is 25.5 Å². The Morgan fingerprint density at radius 3 is 2.76 bits per heavy atom. The number of nitrogens with one attached hydrogen (secondary N) is 1. The summed E-state index contributed by atoms with van der Waals surface area (Å²) in [4.78, 5) is 11.3. The van der Waals surface area contributed by atoms with Gasteiger partial charge < -0.3 is 14.8 Å². The predicted octanol–water partition coefficient (Wildman–Crippen LogP) is 3.26. The predicted molar refractivity (Wildman–Crippen MR) is 69.3 cm³/mol. The summed E-state index contributed by atoms with van der Waals surface area (Å²) in [6.07, 6.45) is -0.410. The number of hydrogen-bond donors (Lipinski definition) is 1. The molecule has 0 saturated carbocycles. The standard InChI is InChI=1S/C12H16BrNO3/c1-4-17-12(15)14-8(2)9-5-6-11(16-3)10(13)7-9/h5-8H,4H2,1-3H3,(H,14,15). The fourth-order valence-corrected chi connectivity index (χ4v) is 1.94. The molecule has 0 aliphatic rings. The highest BCUT2D eigenvalue weighted by Crippen LogP contribution is 2.27. The maximum Gasteiger partial charge on any atom is 0.407 e. The van der Waals surface area contributed by atoms with Crippen molar-refractivity contribution >= 4 is 22.0 Å². The van der Waals surface area contributed by atoms with Gasteiger partial charge in [-0.1, -0.05) is 6.07 Å². The molecule has 1 atom stereocenters. The summed E-state index contributed by atoms with van der Waals surface area (Å²) in [5.74, 6) is 0.761. The van der Waals surface area contributed by atoms with Crippen LogP contribution in [0.2, 0.25) is 0 Å². The number of halogens is 1. The SMILES string of the molecule is CCOC(=O)NC(C)c1ccc(OC)c(Br)c1. The van der Waals surface area contributed by atoms with Crippen LogP contribution in [0.5, 0.6) is 5.75 Å². The molecule has 0 heterocycles. The van der Waals surface area contributed by atoms with Crippen molar-refractivity contribution in [2.45, 2.75) is 19.9 Å². The Morgan fingerprint density at radius 2 is 2.24 bits per heavy atom. The summed E-state index contributed by atoms with van der Waals surface area (Å²) < 4.78 is 10.8. The maximum absolute atomic E-state index is 11.3. The molecule has 1 unspecified atom stereocenters. The normalized spacial score (nSPS) is 11.8. The lowest BCUT2D eigenvalue weighted by Gasteiger charge is -2.15. The summed E-state index contributed by atoms with van der Waals surface area (Å²) in [6, 6.07) is 5.55. The lowest BCUT2D eigenvalue weighted by molar-refractivity contribution is 0.149. The first-order valence-corrected chi connectivity index (χ1v) is 6.14. The number of amides is 1. The number of rotatable bonds is 4. The molecule has 5 heteroatoms. The molecule has 0 bridgehead atoms. The zero-order valence-electron chi connectivity index (χ0n) is 10.1. The van der Waals surface area contributed by atoms with Gasteiger partial charge in [-0.05, 0) is 47.5 Å². The highest BCUT2D eigenvalue weighted by molar-refractivity contribution is 9.10. The highest BCUT2D eigenvalue weighted by Gasteiger charge is 2.11. The van der Waals surface area contributed by atoms with Crippen LogP contribution < -0.4 is 10.1 Å². The molecular weight excluding hydrogens is 286 g/mol. The summed E-state index contributed by atoms with van der Waals surface area (Å²) in [5, 5.41) is 2.74. The molecule has 1 aromatic rings. The van der Waals surface area contributed by atoms with Crippen molar-refractivity contribution in [1.29, 1.82) is 0 Å². The molecule has 1 aromatic carbocycles. The Bertz CT molecular complexity index is 395. The van der Waals surface area contributed by atoms with E-state index in [1.165, 1.54) is 0 Å². The second-order valence-electron chi connectivity index (χ2n) is 3.48. The van der Waals surface area contributed by atoms with E-state index >= 15 is 0 Å². The van der Waals surface area contributed by atoms with E-state index in [4.69, 9.17) is 9.47 Å². The van der Waals surface area contributed by atoms with Crippen LogP contribution >= 0.6 is 15.9 Å². The first-order chi connectivity index (χ1) is 8.08. The molecule has 1 amide bonds. The largest absolute Gasteiger partial charge is 0.496 e. The third-order valence-electron chi connectivity index (χ3n) is 2.29. The molecule has 1 N–H and O–H groups in total. The van der Waals surface area contributed by atoms with Crippen LogP contribution in [0.4, 0.5) is 4.79 Å². The third-order valence-corrected chi connectivity index (χ3v) is 2.91. The Morgan fingerprint density at radius 1 is 1.53 bits per heavy atom. The van der Waals surface area contributed by atoms with Crippen molar-refractivity contribution in [3.63, 3.8) is 0 Å². The van der Waals surface area contributed by atoms with Crippen molar-refractivity contribution in [2.24, 2.45) is 0 Å². The van der Waals surface area contributed by atoms with Crippen molar-refractivity contribution < 1.29 is 14.3 Å². The molecular formula is C12H16BrNO3. The monoisotopic (exact) mass is 301 g/mol. The number of hydrogen-bond acceptors (Lipinski definition) is 3. The average molecular weight is 302 g/mol. The summed E-state index contributed by atoms with van der Waals surface area (Å²) >= 11 is 3.40. The second kappa shape index (κ2) is 6.49. The van der Waals surface area contributed by atoms with Gasteiger partial charge in [0.25, 0.3) is 0 Å². The van der Waals surface area contributed by atoms with Crippen molar-refractivity contribution in [1.82, 2.24) is 5.32 Å². The lowest BCUT2D eigenvalue weighted by atomic mass is 10.1. The molecule has 0 aliphatic heterocycles. The smallest absolute Gasteiger partial charge is 0.407 e. The summed E-state index contributed by atoms with van der Waals surface area (Å²) in [5.41, 5.74) is 0.978. The second-order valence-corrected chi connectivity index (χ2v) is 4.33. The Hall–Kier alpha value is -1.23. The number of carbonyl (C=O) groups excluding carboxylic acids is 1. The maximum atomic E-state index is 11.3. The van der Waals surface area contributed by atoms with Gasteiger partial charge in [0.2, 0.25) is 0 Å². The van der Waals surface area contributed by atoms with Gasteiger partial charge in [0, 0.05) is 0 Å². The van der Waals surface area contributed by atoms with Crippen LogP contribution in [-0.2, 0) is 4.74 Å². The number of ether oxygens (including phenoxy) is 2. The Kier molecular flexibility index (Phi) is 5.28. The first-order valence-electron chi connectivity index (χ1n) is 5.35. The molecule has 0 fully saturated rings. The minimum Gasteiger partial charge on any atom is -0.496 e. The van der Waals surface area contributed by atoms with Crippen molar-refractivity contribution in [3.05, 3.63) is 28.2 Å². The van der Waals surface area contributed by atoms with Crippen LogP contribution in [0.25, 0.3) is 0 Å². The number of alkyl carbamates (subject to hydrolysis) is 1. The van der Waals surface area contributed by atoms with Crippen LogP contribution in [-0.4, -0.2) is 19.8 Å². The average Bonchev–Trinajstić information content (AvgIpc) is 2.29. The van der Waals surface area contributed by atoms with E-state index in [-0.39, 0.29) is 6.04 Å². The fraction of sp³-hybridized carbons (Fsp3) is 0.417. The molecule has 1 rings (SSSR count). The van der Waals surface area contributed by atoms with E-state index in [1.807, 2.05) is 25.1 Å². The van der Waals surface area contributed by atoms with Crippen LogP contribution in [0, 0.1) is 0 Å². The van der Waals surface area contributed by atoms with E-state index in [2.05, 4.69) is 21.2 Å². The highest BCUT2D eigenvalue weighted by atomic mass is 79.9. The topological polar surface area (TPSA) is 47.6 Å². The van der Waals surface area contributed by atoms with Gasteiger partial charge in [0.1, 0.15) is 5.75 Å². The van der Waals surface area contributed by atoms with Gasteiger partial charge in [-0.25, -0.2) is 4.79 Å². The summed E-state index contributed by atoms with van der Waals surface area (Å²) in [6.45, 7) is 4.03. The zero-order chi connectivity index (χ0) is 12.8. The Balaban J connectivity index is 2.72. The Labute approximate surface area is 109 Å². The minimum atomic E-state index is -0.410. The van der Waals surface area contributed by atoms with E-state index in [0.717, 1.165) is 15.8 Å². The van der Waals surface area contributed by atoms with Gasteiger partial charge >= 0.3 is 6.09 Å². The van der Waals surface area contributed by atoms with Crippen LogP contribution in [0.3, 0.4) is 0 Å². The summed E-state index contributed by atoms with van der Waals surface area (Å²) in [7, 11) is 1.61. The minimum absolute atomic E-state index is 0.115. The zero-order valence-corrected chi connectivity index (χ0v) is 11.7. The van der Waals surface area contributed by atoms with E-state index in [0.29, 0.717) is 6.61 Å². The third kappa shape index (κ3) is 3.93. The van der Waals surface area contributed by atoms with Gasteiger partial charge in [0.05, 0.1) is 24.2 Å². The quantitative estimate of drug-likeness (QED) is 0.928. The number of carbonyl (C=O) groups is 1. The van der Waals surface area contributed by atoms with Gasteiger partial charge in [0.15, 0.2) is 0 Å². The molecule has 0 aliphatic carbocycles. The van der Waals surface area contributed by atoms with E-state index < -0.39 is 6.09 Å². The molecule has 94 valence electrons. The molecule has 17 heavy (non-hydrogen) atoms. The molecule has 0 aromatic heterocycles. The van der Waals surface area contributed by atoms with Gasteiger partial charge in [-0.2, -0.15) is 0 Å². The molecule has 0 saturated heterocycles. The van der Waals surface area contributed by atoms with Gasteiger partial charge in [-0.15, -0.1) is 0 Å². The van der Waals surface area contributed by atoms with Crippen LogP contribution in [0.15, 0.2) is 22.7 Å². The molecule has 0 spiro atoms.